The largest absolute Gasteiger partial charge is 0.478 e. The fourth-order valence-electron chi connectivity index (χ4n) is 4.22. The number of nitrogens with zero attached hydrogens (tertiary/aromatic N) is 4. The number of hydrogen-bond acceptors (Lipinski definition) is 7. The van der Waals surface area contributed by atoms with Crippen LogP contribution in [0.1, 0.15) is 22.0 Å². The number of anilines is 1. The monoisotopic (exact) mass is 457 g/mol. The fraction of sp³-hybridized carbons (Fsp3) is 0.167. The average molecular weight is 458 g/mol. The van der Waals surface area contributed by atoms with Crippen LogP contribution in [0.5, 0.6) is 0 Å². The maximum atomic E-state index is 11.3. The van der Waals surface area contributed by atoms with E-state index in [1.165, 1.54) is 0 Å². The van der Waals surface area contributed by atoms with Crippen molar-refractivity contribution in [3.05, 3.63) is 72.1 Å². The second-order valence-electron chi connectivity index (χ2n) is 7.90. The lowest BCUT2D eigenvalue weighted by Crippen LogP contribution is -2.39. The van der Waals surface area contributed by atoms with Crippen LogP contribution in [0.25, 0.3) is 31.6 Å². The van der Waals surface area contributed by atoms with Crippen LogP contribution in [0.2, 0.25) is 0 Å². The highest BCUT2D eigenvalue weighted by Gasteiger charge is 2.25. The van der Waals surface area contributed by atoms with Gasteiger partial charge in [0.05, 0.1) is 46.8 Å². The molecule has 2 N–H and O–H groups in total. The summed E-state index contributed by atoms with van der Waals surface area (Å²) in [6.07, 6.45) is 3.58. The van der Waals surface area contributed by atoms with Gasteiger partial charge < -0.3 is 14.7 Å². The number of aromatic carboxylic acids is 1. The fourth-order valence-corrected chi connectivity index (χ4v) is 5.19. The molecule has 0 bridgehead atoms. The van der Waals surface area contributed by atoms with E-state index in [1.807, 2.05) is 36.7 Å². The summed E-state index contributed by atoms with van der Waals surface area (Å²) in [5.74, 6) is -0.271. The van der Waals surface area contributed by atoms with Crippen LogP contribution in [0.3, 0.4) is 0 Å². The SMILES string of the molecule is O=C(O)c1cccc(-c2cc3nc(N4CCOC(c5cccc6[nH]ncc56)C4)ncc3s2)c1. The van der Waals surface area contributed by atoms with Gasteiger partial charge >= 0.3 is 5.97 Å². The van der Waals surface area contributed by atoms with Gasteiger partial charge in [-0.25, -0.2) is 14.8 Å². The minimum Gasteiger partial charge on any atom is -0.478 e. The van der Waals surface area contributed by atoms with Crippen LogP contribution in [0.4, 0.5) is 5.95 Å². The number of morpholine rings is 1. The third-order valence-electron chi connectivity index (χ3n) is 5.87. The first-order valence-corrected chi connectivity index (χ1v) is 11.4. The number of aromatic nitrogens is 4. The topological polar surface area (TPSA) is 104 Å². The Balaban J connectivity index is 1.30. The number of rotatable bonds is 4. The Labute approximate surface area is 192 Å². The van der Waals surface area contributed by atoms with Crippen molar-refractivity contribution >= 4 is 44.4 Å². The summed E-state index contributed by atoms with van der Waals surface area (Å²) in [7, 11) is 0. The molecule has 0 amide bonds. The van der Waals surface area contributed by atoms with E-state index in [-0.39, 0.29) is 11.7 Å². The number of thiophene rings is 1. The number of carboxylic acid groups (broad SMARTS) is 1. The zero-order valence-electron chi connectivity index (χ0n) is 17.4. The second-order valence-corrected chi connectivity index (χ2v) is 8.98. The maximum absolute atomic E-state index is 11.3. The normalized spacial score (nSPS) is 16.5. The molecule has 0 saturated carbocycles. The Kier molecular flexibility index (Phi) is 4.78. The van der Waals surface area contributed by atoms with Gasteiger partial charge in [-0.1, -0.05) is 24.3 Å². The summed E-state index contributed by atoms with van der Waals surface area (Å²) in [5, 5.41) is 17.5. The molecule has 3 aromatic heterocycles. The molecule has 0 aliphatic carbocycles. The van der Waals surface area contributed by atoms with Crippen molar-refractivity contribution in [2.24, 2.45) is 0 Å². The Bertz CT molecular complexity index is 1490. The Morgan fingerprint density at radius 3 is 3.00 bits per heavy atom. The summed E-state index contributed by atoms with van der Waals surface area (Å²) < 4.78 is 7.05. The number of benzene rings is 2. The highest BCUT2D eigenvalue weighted by atomic mass is 32.1. The van der Waals surface area contributed by atoms with E-state index < -0.39 is 5.97 Å². The number of carboxylic acids is 1. The molecule has 164 valence electrons. The smallest absolute Gasteiger partial charge is 0.335 e. The summed E-state index contributed by atoms with van der Waals surface area (Å²) in [6.45, 7) is 1.94. The maximum Gasteiger partial charge on any atom is 0.335 e. The van der Waals surface area contributed by atoms with Gasteiger partial charge in [0.2, 0.25) is 5.95 Å². The van der Waals surface area contributed by atoms with E-state index >= 15 is 0 Å². The Hall–Kier alpha value is -3.82. The van der Waals surface area contributed by atoms with Gasteiger partial charge in [-0.2, -0.15) is 5.10 Å². The van der Waals surface area contributed by atoms with Gasteiger partial charge in [0.15, 0.2) is 0 Å². The van der Waals surface area contributed by atoms with E-state index in [0.29, 0.717) is 25.6 Å². The van der Waals surface area contributed by atoms with Gasteiger partial charge in [0.1, 0.15) is 6.10 Å². The van der Waals surface area contributed by atoms with Crippen LogP contribution in [-0.2, 0) is 4.74 Å². The number of carbonyl (C=O) groups is 1. The van der Waals surface area contributed by atoms with Crippen LogP contribution in [0, 0.1) is 0 Å². The zero-order valence-corrected chi connectivity index (χ0v) is 18.2. The van der Waals surface area contributed by atoms with Crippen molar-refractivity contribution in [2.75, 3.05) is 24.6 Å². The predicted molar refractivity (Wildman–Crippen MR) is 127 cm³/mol. The van der Waals surface area contributed by atoms with Gasteiger partial charge in [-0.05, 0) is 35.4 Å². The molecule has 0 radical (unpaired) electrons. The molecule has 1 aliphatic rings. The van der Waals surface area contributed by atoms with Crippen molar-refractivity contribution in [1.82, 2.24) is 20.2 Å². The van der Waals surface area contributed by atoms with Crippen LogP contribution in [-0.4, -0.2) is 50.9 Å². The van der Waals surface area contributed by atoms with Gasteiger partial charge in [0, 0.05) is 16.8 Å². The molecule has 1 unspecified atom stereocenters. The first kappa shape index (κ1) is 19.8. The van der Waals surface area contributed by atoms with Crippen LogP contribution in [0.15, 0.2) is 60.9 Å². The molecule has 1 fully saturated rings. The van der Waals surface area contributed by atoms with Crippen molar-refractivity contribution in [2.45, 2.75) is 6.10 Å². The summed E-state index contributed by atoms with van der Waals surface area (Å²) in [5.41, 5.74) is 4.07. The van der Waals surface area contributed by atoms with E-state index in [4.69, 9.17) is 9.72 Å². The summed E-state index contributed by atoms with van der Waals surface area (Å²) in [6, 6.07) is 15.0. The Morgan fingerprint density at radius 2 is 2.09 bits per heavy atom. The molecule has 9 heteroatoms. The lowest BCUT2D eigenvalue weighted by molar-refractivity contribution is 0.0402. The van der Waals surface area contributed by atoms with Crippen molar-refractivity contribution in [1.29, 1.82) is 0 Å². The third-order valence-corrected chi connectivity index (χ3v) is 6.97. The molecular formula is C24H19N5O3S. The first-order valence-electron chi connectivity index (χ1n) is 10.5. The second kappa shape index (κ2) is 7.95. The molecule has 1 saturated heterocycles. The summed E-state index contributed by atoms with van der Waals surface area (Å²) in [4.78, 5) is 23.9. The standard InChI is InChI=1S/C24H19N5O3S/c30-23(31)15-4-1-3-14(9-15)21-10-19-22(33-21)12-25-24(27-19)29-7-8-32-20(13-29)16-5-2-6-18-17(16)11-26-28-18/h1-6,9-12,20H,7-8,13H2,(H,26,28)(H,30,31). The van der Waals surface area contributed by atoms with Crippen LogP contribution >= 0.6 is 11.3 Å². The van der Waals surface area contributed by atoms with E-state index in [1.54, 1.807) is 29.5 Å². The first-order chi connectivity index (χ1) is 16.2. The van der Waals surface area contributed by atoms with Gasteiger partial charge in [0.25, 0.3) is 0 Å². The summed E-state index contributed by atoms with van der Waals surface area (Å²) >= 11 is 1.55. The van der Waals surface area contributed by atoms with Crippen molar-refractivity contribution < 1.29 is 14.6 Å². The zero-order chi connectivity index (χ0) is 22.4. The number of nitrogens with one attached hydrogen (secondary N) is 1. The lowest BCUT2D eigenvalue weighted by Gasteiger charge is -2.33. The molecule has 1 atom stereocenters. The molecule has 0 spiro atoms. The minimum atomic E-state index is -0.937. The molecule has 33 heavy (non-hydrogen) atoms. The lowest BCUT2D eigenvalue weighted by atomic mass is 10.0. The van der Waals surface area contributed by atoms with Crippen LogP contribution < -0.4 is 4.90 Å². The molecule has 2 aromatic carbocycles. The number of ether oxygens (including phenoxy) is 1. The molecule has 6 rings (SSSR count). The van der Waals surface area contributed by atoms with E-state index in [0.717, 1.165) is 37.1 Å². The highest BCUT2D eigenvalue weighted by Crippen LogP contribution is 2.34. The number of fused-ring (bicyclic) bond motifs is 2. The molecule has 4 heterocycles. The van der Waals surface area contributed by atoms with E-state index in [2.05, 4.69) is 26.1 Å². The van der Waals surface area contributed by atoms with E-state index in [9.17, 15) is 9.90 Å². The average Bonchev–Trinajstić information content (AvgIpc) is 3.50. The predicted octanol–water partition coefficient (Wildman–Crippen LogP) is 4.51. The highest BCUT2D eigenvalue weighted by molar-refractivity contribution is 7.22. The third kappa shape index (κ3) is 3.61. The Morgan fingerprint density at radius 1 is 1.18 bits per heavy atom. The number of H-pyrrole nitrogens is 1. The number of aromatic amines is 1. The van der Waals surface area contributed by atoms with Crippen molar-refractivity contribution in [3.63, 3.8) is 0 Å². The number of hydrogen-bond donors (Lipinski definition) is 2. The molecular weight excluding hydrogens is 438 g/mol. The van der Waals surface area contributed by atoms with Gasteiger partial charge in [-0.15, -0.1) is 11.3 Å². The molecule has 5 aromatic rings. The minimum absolute atomic E-state index is 0.101. The van der Waals surface area contributed by atoms with Gasteiger partial charge in [-0.3, -0.25) is 5.10 Å². The quantitative estimate of drug-likeness (QED) is 0.409. The molecule has 8 nitrogen and oxygen atoms in total. The van der Waals surface area contributed by atoms with Crippen molar-refractivity contribution in [3.8, 4) is 10.4 Å². The molecule has 1 aliphatic heterocycles.